The molecule has 0 saturated carbocycles. The van der Waals surface area contributed by atoms with E-state index >= 15 is 0 Å². The van der Waals surface area contributed by atoms with Crippen LogP contribution in [-0.4, -0.2) is 8.41 Å². The van der Waals surface area contributed by atoms with Crippen molar-refractivity contribution >= 4 is 19.8 Å². The zero-order valence-electron chi connectivity index (χ0n) is 5.04. The minimum atomic E-state index is 0. The first-order valence-electron chi connectivity index (χ1n) is 2.40. The van der Waals surface area contributed by atoms with E-state index < -0.39 is 0 Å². The molecule has 0 amide bonds. The van der Waals surface area contributed by atoms with Crippen LogP contribution < -0.4 is 11.5 Å². The van der Waals surface area contributed by atoms with Crippen LogP contribution >= 0.6 is 0 Å². The monoisotopic (exact) mass is 119 g/mol. The Kier molecular flexibility index (Phi) is 2.65. The second kappa shape index (κ2) is 3.02. The van der Waals surface area contributed by atoms with Crippen molar-refractivity contribution in [3.05, 3.63) is 24.3 Å². The van der Waals surface area contributed by atoms with Crippen LogP contribution in [0.2, 0.25) is 0 Å². The van der Waals surface area contributed by atoms with Gasteiger partial charge in [-0.1, -0.05) is 0 Å². The van der Waals surface area contributed by atoms with Crippen molar-refractivity contribution in [2.24, 2.45) is 0 Å². The van der Waals surface area contributed by atoms with Crippen LogP contribution in [0.3, 0.4) is 0 Å². The first-order chi connectivity index (χ1) is 3.79. The second-order valence-corrected chi connectivity index (χ2v) is 1.67. The molecule has 3 heteroatoms. The maximum atomic E-state index is 5.37. The summed E-state index contributed by atoms with van der Waals surface area (Å²) in [5.74, 6) is 0. The fourth-order valence-electron chi connectivity index (χ4n) is 0.496. The molecule has 4 N–H and O–H groups in total. The molecule has 1 aromatic carbocycles. The van der Waals surface area contributed by atoms with E-state index in [4.69, 9.17) is 11.5 Å². The van der Waals surface area contributed by atoms with Crippen LogP contribution in [0.25, 0.3) is 0 Å². The Balaban J connectivity index is 0.000000640. The van der Waals surface area contributed by atoms with Crippen molar-refractivity contribution in [3.8, 4) is 0 Å². The third kappa shape index (κ3) is 2.08. The lowest BCUT2D eigenvalue weighted by Crippen LogP contribution is -1.86. The third-order valence-electron chi connectivity index (χ3n) is 0.936. The van der Waals surface area contributed by atoms with Gasteiger partial charge >= 0.3 is 0 Å². The molecule has 0 spiro atoms. The van der Waals surface area contributed by atoms with Crippen molar-refractivity contribution in [1.82, 2.24) is 0 Å². The summed E-state index contributed by atoms with van der Waals surface area (Å²) in [4.78, 5) is 0. The van der Waals surface area contributed by atoms with Gasteiger partial charge in [-0.15, -0.1) is 0 Å². The van der Waals surface area contributed by atoms with E-state index in [1.807, 2.05) is 0 Å². The Morgan fingerprint density at radius 1 is 0.778 bits per heavy atom. The van der Waals surface area contributed by atoms with E-state index in [0.29, 0.717) is 0 Å². The molecule has 0 aromatic heterocycles. The quantitative estimate of drug-likeness (QED) is 0.385. The van der Waals surface area contributed by atoms with Crippen LogP contribution in [0.4, 0.5) is 11.4 Å². The average molecular weight is 119 g/mol. The lowest BCUT2D eigenvalue weighted by Gasteiger charge is -1.90. The molecule has 0 fully saturated rings. The highest BCUT2D eigenvalue weighted by Gasteiger charge is 1.80. The second-order valence-electron chi connectivity index (χ2n) is 1.67. The molecule has 2 nitrogen and oxygen atoms in total. The van der Waals surface area contributed by atoms with E-state index in [1.165, 1.54) is 0 Å². The third-order valence-corrected chi connectivity index (χ3v) is 0.936. The van der Waals surface area contributed by atoms with E-state index in [-0.39, 0.29) is 8.41 Å². The Morgan fingerprint density at radius 3 is 1.22 bits per heavy atom. The summed E-state index contributed by atoms with van der Waals surface area (Å²) in [5, 5.41) is 0. The summed E-state index contributed by atoms with van der Waals surface area (Å²) < 4.78 is 0. The highest BCUT2D eigenvalue weighted by atomic mass is 14.6. The SMILES string of the molecule is Nc1ccc(N)cc1.[B]. The molecule has 45 valence electrons. The van der Waals surface area contributed by atoms with Crippen molar-refractivity contribution in [2.75, 3.05) is 11.5 Å². The fraction of sp³-hybridized carbons (Fsp3) is 0. The zero-order chi connectivity index (χ0) is 5.98. The van der Waals surface area contributed by atoms with Gasteiger partial charge < -0.3 is 11.5 Å². The summed E-state index contributed by atoms with van der Waals surface area (Å²) >= 11 is 0. The number of rotatable bonds is 0. The maximum absolute atomic E-state index is 5.37. The number of benzene rings is 1. The average Bonchev–Trinajstić information content (AvgIpc) is 1.77. The van der Waals surface area contributed by atoms with Crippen LogP contribution in [0.15, 0.2) is 24.3 Å². The molecule has 0 atom stereocenters. The molecule has 1 aromatic rings. The predicted octanol–water partition coefficient (Wildman–Crippen LogP) is 0.470. The first-order valence-corrected chi connectivity index (χ1v) is 2.40. The van der Waals surface area contributed by atoms with Crippen LogP contribution in [0.5, 0.6) is 0 Å². The molecular weight excluding hydrogens is 111 g/mol. The summed E-state index contributed by atoms with van der Waals surface area (Å²) in [6.45, 7) is 0. The number of hydrogen-bond donors (Lipinski definition) is 2. The van der Waals surface area contributed by atoms with Crippen LogP contribution in [0, 0.1) is 0 Å². The van der Waals surface area contributed by atoms with Crippen molar-refractivity contribution in [1.29, 1.82) is 0 Å². The van der Waals surface area contributed by atoms with E-state index in [2.05, 4.69) is 0 Å². The van der Waals surface area contributed by atoms with Crippen molar-refractivity contribution in [2.45, 2.75) is 0 Å². The van der Waals surface area contributed by atoms with Gasteiger partial charge in [0.2, 0.25) is 0 Å². The maximum Gasteiger partial charge on any atom is 0.0315 e. The summed E-state index contributed by atoms with van der Waals surface area (Å²) in [5.41, 5.74) is 12.2. The molecule has 1 rings (SSSR count). The number of anilines is 2. The van der Waals surface area contributed by atoms with Crippen molar-refractivity contribution in [3.63, 3.8) is 0 Å². The largest absolute Gasteiger partial charge is 0.399 e. The topological polar surface area (TPSA) is 52.0 Å². The number of hydrogen-bond acceptors (Lipinski definition) is 2. The minimum Gasteiger partial charge on any atom is -0.399 e. The van der Waals surface area contributed by atoms with E-state index in [9.17, 15) is 0 Å². The minimum absolute atomic E-state index is 0. The molecule has 0 aliphatic heterocycles. The number of nitrogen functional groups attached to an aromatic ring is 2. The molecule has 9 heavy (non-hydrogen) atoms. The summed E-state index contributed by atoms with van der Waals surface area (Å²) in [6, 6.07) is 7.09. The van der Waals surface area contributed by atoms with Gasteiger partial charge in [-0.3, -0.25) is 0 Å². The van der Waals surface area contributed by atoms with Gasteiger partial charge in [0, 0.05) is 19.8 Å². The first kappa shape index (κ1) is 7.88. The van der Waals surface area contributed by atoms with Crippen molar-refractivity contribution < 1.29 is 0 Å². The molecule has 0 saturated heterocycles. The van der Waals surface area contributed by atoms with Crippen LogP contribution in [-0.2, 0) is 0 Å². The highest BCUT2D eigenvalue weighted by molar-refractivity contribution is 5.75. The van der Waals surface area contributed by atoms with Gasteiger partial charge in [0.25, 0.3) is 0 Å². The Labute approximate surface area is 56.4 Å². The smallest absolute Gasteiger partial charge is 0.0315 e. The van der Waals surface area contributed by atoms with Gasteiger partial charge in [-0.2, -0.15) is 0 Å². The molecule has 0 heterocycles. The lowest BCUT2D eigenvalue weighted by atomic mass is 10.3. The standard InChI is InChI=1S/C6H8N2.B/c7-5-1-2-6(8)4-3-5;/h1-4H,7-8H2;. The zero-order valence-corrected chi connectivity index (χ0v) is 5.04. The summed E-state index contributed by atoms with van der Waals surface area (Å²) in [7, 11) is 0. The lowest BCUT2D eigenvalue weighted by molar-refractivity contribution is 1.67. The number of nitrogens with two attached hydrogens (primary N) is 2. The molecular formula is C6H8BN2. The van der Waals surface area contributed by atoms with E-state index in [0.717, 1.165) is 11.4 Å². The normalized spacial score (nSPS) is 8.00. The van der Waals surface area contributed by atoms with Gasteiger partial charge in [0.05, 0.1) is 0 Å². The Morgan fingerprint density at radius 2 is 1.00 bits per heavy atom. The Hall–Kier alpha value is -1.12. The molecule has 0 aliphatic carbocycles. The summed E-state index contributed by atoms with van der Waals surface area (Å²) in [6.07, 6.45) is 0. The Bertz CT molecular complexity index is 150. The van der Waals surface area contributed by atoms with Gasteiger partial charge in [-0.25, -0.2) is 0 Å². The van der Waals surface area contributed by atoms with Crippen LogP contribution in [0.1, 0.15) is 0 Å². The molecule has 0 unspecified atom stereocenters. The fourth-order valence-corrected chi connectivity index (χ4v) is 0.496. The molecule has 0 bridgehead atoms. The molecule has 3 radical (unpaired) electrons. The van der Waals surface area contributed by atoms with Gasteiger partial charge in [-0.05, 0) is 24.3 Å². The van der Waals surface area contributed by atoms with E-state index in [1.54, 1.807) is 24.3 Å². The van der Waals surface area contributed by atoms with Gasteiger partial charge in [0.15, 0.2) is 0 Å². The molecule has 0 aliphatic rings. The predicted molar refractivity (Wildman–Crippen MR) is 41.0 cm³/mol. The highest BCUT2D eigenvalue weighted by Crippen LogP contribution is 2.04. The van der Waals surface area contributed by atoms with Gasteiger partial charge in [0.1, 0.15) is 0 Å².